The largest absolute Gasteiger partial charge is 0.376 e. The van der Waals surface area contributed by atoms with Crippen molar-refractivity contribution in [3.8, 4) is 0 Å². The van der Waals surface area contributed by atoms with E-state index < -0.39 is 15.9 Å². The van der Waals surface area contributed by atoms with Gasteiger partial charge in [-0.2, -0.15) is 4.31 Å². The minimum absolute atomic E-state index is 0.103. The quantitative estimate of drug-likeness (QED) is 0.639. The van der Waals surface area contributed by atoms with Crippen LogP contribution in [0.25, 0.3) is 0 Å². The average molecular weight is 447 g/mol. The molecular weight excluding hydrogens is 416 g/mol. The highest BCUT2D eigenvalue weighted by Gasteiger charge is 2.24. The van der Waals surface area contributed by atoms with Crippen LogP contribution in [0.5, 0.6) is 0 Å². The molecule has 9 heteroatoms. The topological polar surface area (TPSA) is 90.0 Å². The lowest BCUT2D eigenvalue weighted by Crippen LogP contribution is -2.35. The number of nitrogens with one attached hydrogen (secondary N) is 1. The molecule has 8 nitrogen and oxygen atoms in total. The second-order valence-electron chi connectivity index (χ2n) is 7.24. The summed E-state index contributed by atoms with van der Waals surface area (Å²) in [6.07, 6.45) is 0. The Balaban J connectivity index is 2.26. The molecule has 0 aliphatic carbocycles. The molecule has 0 saturated heterocycles. The van der Waals surface area contributed by atoms with Gasteiger partial charge in [-0.15, -0.1) is 0 Å². The van der Waals surface area contributed by atoms with Crippen molar-refractivity contribution in [1.82, 2.24) is 9.21 Å². The van der Waals surface area contributed by atoms with Gasteiger partial charge in [-0.1, -0.05) is 32.0 Å². The monoisotopic (exact) mass is 446 g/mol. The van der Waals surface area contributed by atoms with E-state index in [0.717, 1.165) is 0 Å². The van der Waals surface area contributed by atoms with E-state index in [9.17, 15) is 18.0 Å². The summed E-state index contributed by atoms with van der Waals surface area (Å²) in [5.74, 6) is -0.700. The Kier molecular flexibility index (Phi) is 8.18. The summed E-state index contributed by atoms with van der Waals surface area (Å²) in [5, 5.41) is 2.76. The number of anilines is 2. The first-order valence-electron chi connectivity index (χ1n) is 10.0. The van der Waals surface area contributed by atoms with E-state index in [4.69, 9.17) is 0 Å². The van der Waals surface area contributed by atoms with E-state index in [1.54, 1.807) is 70.2 Å². The minimum Gasteiger partial charge on any atom is -0.376 e. The van der Waals surface area contributed by atoms with Crippen molar-refractivity contribution in [2.45, 2.75) is 18.7 Å². The molecule has 0 aromatic heterocycles. The van der Waals surface area contributed by atoms with Crippen LogP contribution in [0.2, 0.25) is 0 Å². The van der Waals surface area contributed by atoms with Gasteiger partial charge in [-0.05, 0) is 30.3 Å². The van der Waals surface area contributed by atoms with E-state index in [-0.39, 0.29) is 17.3 Å². The summed E-state index contributed by atoms with van der Waals surface area (Å²) in [4.78, 5) is 28.3. The number of benzene rings is 2. The normalized spacial score (nSPS) is 11.3. The predicted molar refractivity (Wildman–Crippen MR) is 123 cm³/mol. The van der Waals surface area contributed by atoms with Crippen molar-refractivity contribution in [2.24, 2.45) is 0 Å². The molecule has 2 aromatic carbocycles. The number of rotatable bonds is 9. The van der Waals surface area contributed by atoms with Crippen LogP contribution in [0.3, 0.4) is 0 Å². The van der Waals surface area contributed by atoms with Crippen molar-refractivity contribution in [1.29, 1.82) is 0 Å². The Morgan fingerprint density at radius 2 is 1.55 bits per heavy atom. The average Bonchev–Trinajstić information content (AvgIpc) is 2.74. The molecule has 0 spiro atoms. The summed E-state index contributed by atoms with van der Waals surface area (Å²) in [7, 11) is 1.47. The first kappa shape index (κ1) is 24.4. The zero-order valence-corrected chi connectivity index (χ0v) is 19.4. The zero-order chi connectivity index (χ0) is 23.2. The van der Waals surface area contributed by atoms with Gasteiger partial charge in [0.15, 0.2) is 0 Å². The van der Waals surface area contributed by atoms with E-state index in [0.29, 0.717) is 30.0 Å². The van der Waals surface area contributed by atoms with Gasteiger partial charge in [0.05, 0.1) is 22.8 Å². The van der Waals surface area contributed by atoms with Gasteiger partial charge >= 0.3 is 0 Å². The molecule has 2 rings (SSSR count). The molecular formula is C22H30N4O4S. The van der Waals surface area contributed by atoms with E-state index in [1.807, 2.05) is 6.07 Å². The summed E-state index contributed by atoms with van der Waals surface area (Å²) >= 11 is 0. The summed E-state index contributed by atoms with van der Waals surface area (Å²) in [6, 6.07) is 13.3. The number of likely N-dealkylation sites (N-methyl/N-ethyl adjacent to an activating group) is 1. The fourth-order valence-corrected chi connectivity index (χ4v) is 4.64. The van der Waals surface area contributed by atoms with E-state index in [2.05, 4.69) is 5.32 Å². The van der Waals surface area contributed by atoms with Gasteiger partial charge in [0.2, 0.25) is 15.9 Å². The van der Waals surface area contributed by atoms with Crippen molar-refractivity contribution in [3.63, 3.8) is 0 Å². The van der Waals surface area contributed by atoms with Crippen molar-refractivity contribution >= 4 is 33.2 Å². The first-order valence-corrected chi connectivity index (χ1v) is 11.5. The third-order valence-electron chi connectivity index (χ3n) is 4.82. The van der Waals surface area contributed by atoms with Crippen molar-refractivity contribution in [2.75, 3.05) is 51.0 Å². The van der Waals surface area contributed by atoms with Gasteiger partial charge < -0.3 is 15.1 Å². The van der Waals surface area contributed by atoms with Crippen LogP contribution in [0.1, 0.15) is 24.2 Å². The maximum absolute atomic E-state index is 12.9. The lowest BCUT2D eigenvalue weighted by Gasteiger charge is -2.23. The molecule has 168 valence electrons. The molecule has 0 fully saturated rings. The van der Waals surface area contributed by atoms with Crippen LogP contribution in [0.15, 0.2) is 53.4 Å². The van der Waals surface area contributed by atoms with Crippen LogP contribution in [-0.2, 0) is 14.8 Å². The van der Waals surface area contributed by atoms with Crippen LogP contribution in [0.4, 0.5) is 11.4 Å². The predicted octanol–water partition coefficient (Wildman–Crippen LogP) is 2.49. The Morgan fingerprint density at radius 1 is 0.935 bits per heavy atom. The van der Waals surface area contributed by atoms with Gasteiger partial charge in [0, 0.05) is 39.8 Å². The lowest BCUT2D eigenvalue weighted by molar-refractivity contribution is -0.116. The Hall–Kier alpha value is -2.91. The van der Waals surface area contributed by atoms with E-state index in [1.165, 1.54) is 21.3 Å². The van der Waals surface area contributed by atoms with Gasteiger partial charge in [0.25, 0.3) is 5.91 Å². The minimum atomic E-state index is -3.68. The summed E-state index contributed by atoms with van der Waals surface area (Å²) in [6.45, 7) is 4.08. The third kappa shape index (κ3) is 5.83. The number of hydrogen-bond acceptors (Lipinski definition) is 5. The molecule has 0 aliphatic heterocycles. The molecule has 2 amide bonds. The highest BCUT2D eigenvalue weighted by molar-refractivity contribution is 7.89. The highest BCUT2D eigenvalue weighted by Crippen LogP contribution is 2.29. The summed E-state index contributed by atoms with van der Waals surface area (Å²) < 4.78 is 27.1. The zero-order valence-electron chi connectivity index (χ0n) is 18.6. The van der Waals surface area contributed by atoms with Crippen LogP contribution >= 0.6 is 0 Å². The SMILES string of the molecule is CCN(CC)S(=O)(=O)c1ccc(N(C)C)c(NC(=O)CN(C)C(=O)c2ccccc2)c1. The fraction of sp³-hybridized carbons (Fsp3) is 0.364. The van der Waals surface area contributed by atoms with Crippen molar-refractivity contribution < 1.29 is 18.0 Å². The van der Waals surface area contributed by atoms with Crippen LogP contribution in [-0.4, -0.2) is 70.2 Å². The number of nitrogens with zero attached hydrogens (tertiary/aromatic N) is 3. The number of sulfonamides is 1. The van der Waals surface area contributed by atoms with Gasteiger partial charge in [-0.25, -0.2) is 8.42 Å². The maximum Gasteiger partial charge on any atom is 0.254 e. The molecule has 2 aromatic rings. The summed E-state index contributed by atoms with van der Waals surface area (Å²) in [5.41, 5.74) is 1.51. The first-order chi connectivity index (χ1) is 14.6. The molecule has 0 radical (unpaired) electrons. The molecule has 31 heavy (non-hydrogen) atoms. The highest BCUT2D eigenvalue weighted by atomic mass is 32.2. The maximum atomic E-state index is 12.9. The third-order valence-corrected chi connectivity index (χ3v) is 6.86. The number of carbonyl (C=O) groups is 2. The molecule has 0 bridgehead atoms. The lowest BCUT2D eigenvalue weighted by atomic mass is 10.2. The second kappa shape index (κ2) is 10.4. The van der Waals surface area contributed by atoms with Crippen molar-refractivity contribution in [3.05, 3.63) is 54.1 Å². The van der Waals surface area contributed by atoms with E-state index >= 15 is 0 Å². The standard InChI is InChI=1S/C22H30N4O4S/c1-6-26(7-2)31(29,30)18-13-14-20(24(3)4)19(15-18)23-21(27)16-25(5)22(28)17-11-9-8-10-12-17/h8-15H,6-7,16H2,1-5H3,(H,23,27). The number of carbonyl (C=O) groups excluding carboxylic acids is 2. The Morgan fingerprint density at radius 3 is 2.10 bits per heavy atom. The molecule has 0 atom stereocenters. The second-order valence-corrected chi connectivity index (χ2v) is 9.18. The molecule has 1 N–H and O–H groups in total. The number of amides is 2. The van der Waals surface area contributed by atoms with Gasteiger partial charge in [-0.3, -0.25) is 9.59 Å². The fourth-order valence-electron chi connectivity index (χ4n) is 3.16. The molecule has 0 unspecified atom stereocenters. The van der Waals surface area contributed by atoms with Crippen LogP contribution < -0.4 is 10.2 Å². The van der Waals surface area contributed by atoms with Crippen LogP contribution in [0, 0.1) is 0 Å². The Bertz CT molecular complexity index is 1020. The Labute approximate surface area is 184 Å². The molecule has 0 saturated carbocycles. The smallest absolute Gasteiger partial charge is 0.254 e. The molecule has 0 aliphatic rings. The number of hydrogen-bond donors (Lipinski definition) is 1. The molecule has 0 heterocycles. The van der Waals surface area contributed by atoms with Gasteiger partial charge in [0.1, 0.15) is 0 Å².